The zero-order valence-electron chi connectivity index (χ0n) is 9.58. The largest absolute Gasteiger partial charge is 0.468 e. The minimum Gasteiger partial charge on any atom is -0.468 e. The number of rotatable bonds is 4. The third kappa shape index (κ3) is 2.76. The number of hydrogen-bond acceptors (Lipinski definition) is 5. The number of nitrogens with two attached hydrogens (primary N) is 1. The summed E-state index contributed by atoms with van der Waals surface area (Å²) in [6.07, 6.45) is 6.41. The fourth-order valence-electron chi connectivity index (χ4n) is 1.43. The Hall–Kier alpha value is -2.01. The van der Waals surface area contributed by atoms with Crippen LogP contribution in [0.2, 0.25) is 0 Å². The van der Waals surface area contributed by atoms with Crippen molar-refractivity contribution in [1.29, 1.82) is 0 Å². The van der Waals surface area contributed by atoms with Gasteiger partial charge in [0.1, 0.15) is 6.10 Å². The standard InChI is InChI=1S/C12H14N4O/c1-9(11-8-14-5-6-15-11)17-12-10(7-13)3-2-4-16-12/h2-6,8-9H,7,13H2,1H3. The van der Waals surface area contributed by atoms with Gasteiger partial charge in [-0.2, -0.15) is 0 Å². The van der Waals surface area contributed by atoms with Crippen LogP contribution in [0.25, 0.3) is 0 Å². The van der Waals surface area contributed by atoms with Crippen LogP contribution in [0.5, 0.6) is 5.88 Å². The van der Waals surface area contributed by atoms with Gasteiger partial charge in [0.15, 0.2) is 0 Å². The van der Waals surface area contributed by atoms with Gasteiger partial charge in [-0.15, -0.1) is 0 Å². The second-order valence-corrected chi connectivity index (χ2v) is 3.56. The Morgan fingerprint density at radius 2 is 2.18 bits per heavy atom. The van der Waals surface area contributed by atoms with Crippen molar-refractivity contribution >= 4 is 0 Å². The van der Waals surface area contributed by atoms with Crippen molar-refractivity contribution in [2.75, 3.05) is 0 Å². The average Bonchev–Trinajstić information content (AvgIpc) is 2.40. The van der Waals surface area contributed by atoms with Gasteiger partial charge in [0.25, 0.3) is 0 Å². The second kappa shape index (κ2) is 5.36. The molecule has 5 heteroatoms. The molecular weight excluding hydrogens is 216 g/mol. The molecule has 1 unspecified atom stereocenters. The van der Waals surface area contributed by atoms with Crippen LogP contribution in [0, 0.1) is 0 Å². The summed E-state index contributed by atoms with van der Waals surface area (Å²) in [5.41, 5.74) is 7.26. The predicted molar refractivity (Wildman–Crippen MR) is 63.2 cm³/mol. The lowest BCUT2D eigenvalue weighted by molar-refractivity contribution is 0.210. The maximum Gasteiger partial charge on any atom is 0.218 e. The van der Waals surface area contributed by atoms with Gasteiger partial charge in [0.05, 0.1) is 11.9 Å². The summed E-state index contributed by atoms with van der Waals surface area (Å²) in [5, 5.41) is 0. The van der Waals surface area contributed by atoms with E-state index in [0.29, 0.717) is 12.4 Å². The first-order valence-electron chi connectivity index (χ1n) is 5.38. The summed E-state index contributed by atoms with van der Waals surface area (Å²) in [6.45, 7) is 2.30. The Morgan fingerprint density at radius 3 is 2.88 bits per heavy atom. The maximum atomic E-state index is 5.73. The van der Waals surface area contributed by atoms with Crippen molar-refractivity contribution in [2.45, 2.75) is 19.6 Å². The molecule has 0 bridgehead atoms. The molecule has 0 aliphatic carbocycles. The Balaban J connectivity index is 2.16. The molecule has 0 aliphatic rings. The number of pyridine rings is 1. The van der Waals surface area contributed by atoms with Crippen LogP contribution < -0.4 is 10.5 Å². The van der Waals surface area contributed by atoms with Gasteiger partial charge in [-0.25, -0.2) is 4.98 Å². The first kappa shape index (κ1) is 11.5. The third-order valence-electron chi connectivity index (χ3n) is 2.36. The normalized spacial score (nSPS) is 12.1. The van der Waals surface area contributed by atoms with Gasteiger partial charge < -0.3 is 10.5 Å². The zero-order valence-corrected chi connectivity index (χ0v) is 9.58. The molecule has 0 saturated heterocycles. The zero-order chi connectivity index (χ0) is 12.1. The number of aromatic nitrogens is 3. The second-order valence-electron chi connectivity index (χ2n) is 3.56. The lowest BCUT2D eigenvalue weighted by Crippen LogP contribution is -2.09. The van der Waals surface area contributed by atoms with Crippen LogP contribution in [-0.2, 0) is 6.54 Å². The Morgan fingerprint density at radius 1 is 1.29 bits per heavy atom. The predicted octanol–water partition coefficient (Wildman–Crippen LogP) is 1.47. The van der Waals surface area contributed by atoms with E-state index in [1.807, 2.05) is 19.1 Å². The van der Waals surface area contributed by atoms with E-state index >= 15 is 0 Å². The summed E-state index contributed by atoms with van der Waals surface area (Å²) in [7, 11) is 0. The Kier molecular flexibility index (Phi) is 3.62. The van der Waals surface area contributed by atoms with E-state index < -0.39 is 0 Å². The summed E-state index contributed by atoms with van der Waals surface area (Å²) in [4.78, 5) is 12.4. The Labute approximate surface area is 99.7 Å². The van der Waals surface area contributed by atoms with Gasteiger partial charge in [0.2, 0.25) is 5.88 Å². The quantitative estimate of drug-likeness (QED) is 0.860. The molecule has 0 radical (unpaired) electrons. The van der Waals surface area contributed by atoms with E-state index in [2.05, 4.69) is 15.0 Å². The van der Waals surface area contributed by atoms with Gasteiger partial charge in [-0.1, -0.05) is 6.07 Å². The van der Waals surface area contributed by atoms with Crippen LogP contribution in [0.4, 0.5) is 0 Å². The molecule has 2 aromatic heterocycles. The molecule has 0 saturated carbocycles. The Bertz CT molecular complexity index is 475. The fraction of sp³-hybridized carbons (Fsp3) is 0.250. The minimum absolute atomic E-state index is 0.205. The lowest BCUT2D eigenvalue weighted by Gasteiger charge is -2.14. The molecule has 0 aromatic carbocycles. The van der Waals surface area contributed by atoms with E-state index in [4.69, 9.17) is 10.5 Å². The highest BCUT2D eigenvalue weighted by atomic mass is 16.5. The summed E-state index contributed by atoms with van der Waals surface area (Å²) >= 11 is 0. The van der Waals surface area contributed by atoms with Gasteiger partial charge >= 0.3 is 0 Å². The molecule has 0 amide bonds. The maximum absolute atomic E-state index is 5.73. The summed E-state index contributed by atoms with van der Waals surface area (Å²) in [5.74, 6) is 0.549. The van der Waals surface area contributed by atoms with E-state index in [0.717, 1.165) is 11.3 Å². The van der Waals surface area contributed by atoms with Crippen molar-refractivity contribution < 1.29 is 4.74 Å². The SMILES string of the molecule is CC(Oc1ncccc1CN)c1cnccn1. The van der Waals surface area contributed by atoms with Gasteiger partial charge in [-0.05, 0) is 13.0 Å². The first-order valence-corrected chi connectivity index (χ1v) is 5.38. The molecule has 2 rings (SSSR count). The number of hydrogen-bond donors (Lipinski definition) is 1. The molecule has 0 fully saturated rings. The molecule has 5 nitrogen and oxygen atoms in total. The van der Waals surface area contributed by atoms with Crippen LogP contribution in [0.3, 0.4) is 0 Å². The molecule has 0 aliphatic heterocycles. The van der Waals surface area contributed by atoms with E-state index in [1.54, 1.807) is 24.8 Å². The summed E-state index contributed by atoms with van der Waals surface area (Å²) < 4.78 is 5.73. The highest BCUT2D eigenvalue weighted by Crippen LogP contribution is 2.20. The van der Waals surface area contributed by atoms with Crippen LogP contribution in [0.15, 0.2) is 36.9 Å². The third-order valence-corrected chi connectivity index (χ3v) is 2.36. The fourth-order valence-corrected chi connectivity index (χ4v) is 1.43. The monoisotopic (exact) mass is 230 g/mol. The smallest absolute Gasteiger partial charge is 0.218 e. The van der Waals surface area contributed by atoms with Crippen molar-refractivity contribution in [3.63, 3.8) is 0 Å². The number of nitrogens with zero attached hydrogens (tertiary/aromatic N) is 3. The first-order chi connectivity index (χ1) is 8.31. The number of ether oxygens (including phenoxy) is 1. The lowest BCUT2D eigenvalue weighted by atomic mass is 10.2. The van der Waals surface area contributed by atoms with Gasteiger partial charge in [-0.3, -0.25) is 9.97 Å². The highest BCUT2D eigenvalue weighted by molar-refractivity contribution is 5.25. The molecule has 17 heavy (non-hydrogen) atoms. The van der Waals surface area contributed by atoms with Crippen molar-refractivity contribution in [2.24, 2.45) is 5.73 Å². The molecule has 2 heterocycles. The minimum atomic E-state index is -0.205. The molecule has 2 aromatic rings. The van der Waals surface area contributed by atoms with Crippen LogP contribution >= 0.6 is 0 Å². The van der Waals surface area contributed by atoms with Crippen LogP contribution in [-0.4, -0.2) is 15.0 Å². The molecule has 2 N–H and O–H groups in total. The molecule has 1 atom stereocenters. The average molecular weight is 230 g/mol. The molecular formula is C12H14N4O. The highest BCUT2D eigenvalue weighted by Gasteiger charge is 2.11. The topological polar surface area (TPSA) is 73.9 Å². The van der Waals surface area contributed by atoms with Crippen molar-refractivity contribution in [3.8, 4) is 5.88 Å². The van der Waals surface area contributed by atoms with Gasteiger partial charge in [0, 0.05) is 30.7 Å². The van der Waals surface area contributed by atoms with E-state index in [-0.39, 0.29) is 6.10 Å². The van der Waals surface area contributed by atoms with E-state index in [9.17, 15) is 0 Å². The van der Waals surface area contributed by atoms with Crippen LogP contribution in [0.1, 0.15) is 24.3 Å². The van der Waals surface area contributed by atoms with Crippen molar-refractivity contribution in [1.82, 2.24) is 15.0 Å². The van der Waals surface area contributed by atoms with E-state index in [1.165, 1.54) is 0 Å². The molecule has 88 valence electrons. The van der Waals surface area contributed by atoms with Crippen molar-refractivity contribution in [3.05, 3.63) is 48.2 Å². The molecule has 0 spiro atoms. The summed E-state index contributed by atoms with van der Waals surface area (Å²) in [6, 6.07) is 3.73.